The fourth-order valence-electron chi connectivity index (χ4n) is 6.99. The topological polar surface area (TPSA) is 114 Å². The monoisotopic (exact) mass is 523 g/mol. The van der Waals surface area contributed by atoms with Gasteiger partial charge in [-0.3, -0.25) is 9.59 Å². The molecule has 0 unspecified atom stereocenters. The fraction of sp³-hybridized carbons (Fsp3) is 0.567. The number of hydrogen-bond donors (Lipinski definition) is 2. The van der Waals surface area contributed by atoms with E-state index in [4.69, 9.17) is 14.2 Å². The van der Waals surface area contributed by atoms with Gasteiger partial charge in [0.1, 0.15) is 5.60 Å². The predicted molar refractivity (Wildman–Crippen MR) is 139 cm³/mol. The largest absolute Gasteiger partial charge is 0.514 e. The Kier molecular flexibility index (Phi) is 6.76. The van der Waals surface area contributed by atoms with E-state index >= 15 is 0 Å². The zero-order chi connectivity index (χ0) is 27.3. The van der Waals surface area contributed by atoms with Gasteiger partial charge in [0.25, 0.3) is 5.91 Å². The highest BCUT2D eigenvalue weighted by atomic mass is 16.7. The Morgan fingerprint density at radius 2 is 1.74 bits per heavy atom. The van der Waals surface area contributed by atoms with Crippen LogP contribution in [-0.2, 0) is 30.2 Å². The summed E-state index contributed by atoms with van der Waals surface area (Å²) >= 11 is 0. The molecular formula is C30H37NO7. The molecule has 0 radical (unpaired) electrons. The Bertz CT molecular complexity index is 1160. The van der Waals surface area contributed by atoms with E-state index in [1.165, 1.54) is 13.0 Å². The van der Waals surface area contributed by atoms with E-state index in [0.717, 1.165) is 11.8 Å². The molecule has 9 atom stereocenters. The van der Waals surface area contributed by atoms with E-state index in [1.807, 2.05) is 42.5 Å². The molecule has 3 aliphatic heterocycles. The lowest BCUT2D eigenvalue weighted by molar-refractivity contribution is -0.156. The van der Waals surface area contributed by atoms with Crippen molar-refractivity contribution in [1.82, 2.24) is 5.32 Å². The molecule has 1 aromatic carbocycles. The van der Waals surface area contributed by atoms with Gasteiger partial charge in [0.05, 0.1) is 18.0 Å². The summed E-state index contributed by atoms with van der Waals surface area (Å²) in [5.41, 5.74) is -2.42. The molecule has 2 saturated heterocycles. The van der Waals surface area contributed by atoms with E-state index in [-0.39, 0.29) is 42.1 Å². The third kappa shape index (κ3) is 4.37. The second-order valence-electron chi connectivity index (χ2n) is 11.7. The fourth-order valence-corrected chi connectivity index (χ4v) is 6.99. The van der Waals surface area contributed by atoms with Crippen LogP contribution in [0.25, 0.3) is 0 Å². The number of nitrogens with one attached hydrogen (secondary N) is 1. The molecule has 1 aromatic rings. The van der Waals surface area contributed by atoms with Gasteiger partial charge in [-0.2, -0.15) is 0 Å². The van der Waals surface area contributed by atoms with Crippen molar-refractivity contribution in [1.29, 1.82) is 0 Å². The SMILES string of the molecule is C[C@H]1C/C=C/C[C@H]2[C@@H]3O[C@]3(C)[C@@H](C)[C@H]3[C@H](Cc4ccccc4)NC(=O)[C@]32OC(=O)O/C=C/C[C@@](C)(O)C1=O. The summed E-state index contributed by atoms with van der Waals surface area (Å²) in [6, 6.07) is 9.68. The summed E-state index contributed by atoms with van der Waals surface area (Å²) in [6.07, 6.45) is 6.56. The Labute approximate surface area is 223 Å². The van der Waals surface area contributed by atoms with Crippen molar-refractivity contribution in [2.75, 3.05) is 0 Å². The van der Waals surface area contributed by atoms with Crippen LogP contribution in [0, 0.1) is 23.7 Å². The number of carbonyl (C=O) groups excluding carboxylic acids is 3. The Balaban J connectivity index is 1.53. The maximum absolute atomic E-state index is 13.9. The lowest BCUT2D eigenvalue weighted by atomic mass is 9.58. The van der Waals surface area contributed by atoms with Crippen LogP contribution in [0.4, 0.5) is 4.79 Å². The normalized spacial score (nSPS) is 44.6. The first kappa shape index (κ1) is 26.6. The van der Waals surface area contributed by atoms with Crippen molar-refractivity contribution >= 4 is 17.8 Å². The Morgan fingerprint density at radius 3 is 2.47 bits per heavy atom. The van der Waals surface area contributed by atoms with Gasteiger partial charge in [0, 0.05) is 30.2 Å². The molecule has 38 heavy (non-hydrogen) atoms. The van der Waals surface area contributed by atoms with Crippen LogP contribution < -0.4 is 5.32 Å². The molecule has 5 rings (SSSR count). The van der Waals surface area contributed by atoms with Gasteiger partial charge in [-0.15, -0.1) is 0 Å². The molecule has 0 bridgehead atoms. The lowest BCUT2D eigenvalue weighted by Gasteiger charge is -2.46. The van der Waals surface area contributed by atoms with Crippen molar-refractivity contribution < 1.29 is 33.7 Å². The minimum atomic E-state index is -1.59. The van der Waals surface area contributed by atoms with Gasteiger partial charge in [0.15, 0.2) is 5.78 Å². The quantitative estimate of drug-likeness (QED) is 0.344. The number of epoxide rings is 1. The molecule has 8 nitrogen and oxygen atoms in total. The number of ketones is 1. The summed E-state index contributed by atoms with van der Waals surface area (Å²) in [5, 5.41) is 13.8. The molecule has 3 fully saturated rings. The van der Waals surface area contributed by atoms with Crippen molar-refractivity contribution in [2.24, 2.45) is 23.7 Å². The summed E-state index contributed by atoms with van der Waals surface area (Å²) in [5.74, 6) is -1.86. The highest BCUT2D eigenvalue weighted by Crippen LogP contribution is 2.63. The van der Waals surface area contributed by atoms with E-state index in [9.17, 15) is 19.5 Å². The van der Waals surface area contributed by atoms with Crippen molar-refractivity contribution in [2.45, 2.75) is 82.3 Å². The molecule has 1 spiro atoms. The Morgan fingerprint density at radius 1 is 1.03 bits per heavy atom. The van der Waals surface area contributed by atoms with Crippen LogP contribution in [0.2, 0.25) is 0 Å². The number of rotatable bonds is 2. The number of ether oxygens (including phenoxy) is 3. The van der Waals surface area contributed by atoms with Crippen molar-refractivity contribution in [3.8, 4) is 0 Å². The number of carbonyl (C=O) groups is 3. The van der Waals surface area contributed by atoms with Crippen LogP contribution in [0.1, 0.15) is 52.5 Å². The average molecular weight is 524 g/mol. The second-order valence-corrected chi connectivity index (χ2v) is 11.7. The smallest absolute Gasteiger partial charge is 0.416 e. The first-order valence-corrected chi connectivity index (χ1v) is 13.5. The minimum absolute atomic E-state index is 0.0193. The van der Waals surface area contributed by atoms with Crippen molar-refractivity contribution in [3.63, 3.8) is 0 Å². The lowest BCUT2D eigenvalue weighted by Crippen LogP contribution is -2.61. The molecule has 1 amide bonds. The Hall–Kier alpha value is -2.97. The molecule has 8 heteroatoms. The van der Waals surface area contributed by atoms with E-state index < -0.39 is 34.8 Å². The second kappa shape index (κ2) is 9.65. The summed E-state index contributed by atoms with van der Waals surface area (Å²) < 4.78 is 17.6. The van der Waals surface area contributed by atoms with E-state index in [0.29, 0.717) is 19.3 Å². The summed E-state index contributed by atoms with van der Waals surface area (Å²) in [7, 11) is 0. The molecular weight excluding hydrogens is 486 g/mol. The standard InChI is InChI=1S/C30H37NO7/c1-18-11-8-9-14-21-25-29(4,37-25)19(2)23-22(17-20-12-6-5-7-13-20)31-26(33)30(21,23)38-27(34)36-16-10-15-28(3,35)24(18)32/h5-10,12-13,16,18-19,21-23,25,35H,11,14-15,17H2,1-4H3,(H,31,33)/b9-8+,16-10+/t18-,19-,21-,22-,23-,25-,28+,29+,30+/m0/s1. The average Bonchev–Trinajstić information content (AvgIpc) is 3.50. The molecule has 4 aliphatic rings. The number of aliphatic hydroxyl groups is 1. The molecule has 204 valence electrons. The summed E-state index contributed by atoms with van der Waals surface area (Å²) in [6.45, 7) is 7.37. The van der Waals surface area contributed by atoms with Gasteiger partial charge in [-0.1, -0.05) is 56.3 Å². The van der Waals surface area contributed by atoms with Crippen LogP contribution in [0.3, 0.4) is 0 Å². The molecule has 3 heterocycles. The van der Waals surface area contributed by atoms with Crippen LogP contribution in [0.15, 0.2) is 54.8 Å². The van der Waals surface area contributed by atoms with Gasteiger partial charge >= 0.3 is 6.16 Å². The van der Waals surface area contributed by atoms with Crippen LogP contribution >= 0.6 is 0 Å². The number of allylic oxidation sites excluding steroid dienone is 2. The minimum Gasteiger partial charge on any atom is -0.416 e. The van der Waals surface area contributed by atoms with Crippen LogP contribution in [0.5, 0.6) is 0 Å². The number of cyclic esters (lactones) is 1. The third-order valence-electron chi connectivity index (χ3n) is 9.20. The highest BCUT2D eigenvalue weighted by Gasteiger charge is 2.78. The number of hydrogen-bond acceptors (Lipinski definition) is 7. The maximum atomic E-state index is 13.9. The van der Waals surface area contributed by atoms with Crippen LogP contribution in [-0.4, -0.2) is 51.9 Å². The van der Waals surface area contributed by atoms with Gasteiger partial charge in [-0.05, 0) is 50.7 Å². The highest BCUT2D eigenvalue weighted by molar-refractivity contribution is 5.92. The third-order valence-corrected chi connectivity index (χ3v) is 9.20. The number of amides is 1. The van der Waals surface area contributed by atoms with E-state index in [1.54, 1.807) is 6.92 Å². The van der Waals surface area contributed by atoms with Gasteiger partial charge in [-0.25, -0.2) is 4.79 Å². The zero-order valence-electron chi connectivity index (χ0n) is 22.4. The van der Waals surface area contributed by atoms with Gasteiger partial charge < -0.3 is 24.6 Å². The first-order chi connectivity index (χ1) is 18.0. The zero-order valence-corrected chi connectivity index (χ0v) is 22.4. The maximum Gasteiger partial charge on any atom is 0.514 e. The summed E-state index contributed by atoms with van der Waals surface area (Å²) in [4.78, 5) is 39.7. The molecule has 1 aliphatic carbocycles. The van der Waals surface area contributed by atoms with Crippen molar-refractivity contribution in [3.05, 3.63) is 60.4 Å². The predicted octanol–water partition coefficient (Wildman–Crippen LogP) is 3.87. The molecule has 1 saturated carbocycles. The van der Waals surface area contributed by atoms with E-state index in [2.05, 4.69) is 19.2 Å². The number of fused-ring (bicyclic) bond motifs is 2. The molecule has 0 aromatic heterocycles. The number of benzene rings is 1. The first-order valence-electron chi connectivity index (χ1n) is 13.5. The number of Topliss-reactive ketones (excluding diaryl/α,β-unsaturated/α-hetero) is 1. The molecule has 2 N–H and O–H groups in total. The van der Waals surface area contributed by atoms with Gasteiger partial charge in [0.2, 0.25) is 5.60 Å².